The van der Waals surface area contributed by atoms with Crippen molar-refractivity contribution in [2.75, 3.05) is 33.3 Å². The molecule has 0 aliphatic carbocycles. The average Bonchev–Trinajstić information content (AvgIpc) is 2.83. The third-order valence-corrected chi connectivity index (χ3v) is 6.94. The molecular weight excluding hydrogens is 392 g/mol. The van der Waals surface area contributed by atoms with Crippen LogP contribution in [0.25, 0.3) is 0 Å². The number of piperidine rings is 2. The summed E-state index contributed by atoms with van der Waals surface area (Å²) in [4.78, 5) is 27.6. The molecule has 31 heavy (non-hydrogen) atoms. The highest BCUT2D eigenvalue weighted by molar-refractivity contribution is 5.68. The molecule has 172 valence electrons. The molecule has 1 aromatic carbocycles. The van der Waals surface area contributed by atoms with E-state index >= 15 is 0 Å². The second-order valence-electron chi connectivity index (χ2n) is 8.99. The van der Waals surface area contributed by atoms with Gasteiger partial charge in [-0.3, -0.25) is 0 Å². The molecule has 6 nitrogen and oxygen atoms in total. The lowest BCUT2D eigenvalue weighted by Gasteiger charge is -2.33. The number of hydrogen-bond acceptors (Lipinski definition) is 4. The van der Waals surface area contributed by atoms with Gasteiger partial charge in [-0.05, 0) is 55.1 Å². The van der Waals surface area contributed by atoms with Gasteiger partial charge in [-0.15, -0.1) is 0 Å². The zero-order valence-corrected chi connectivity index (χ0v) is 19.2. The predicted octanol–water partition coefficient (Wildman–Crippen LogP) is 5.25. The number of aryl methyl sites for hydroxylation is 1. The Morgan fingerprint density at radius 3 is 1.81 bits per heavy atom. The van der Waals surface area contributed by atoms with Gasteiger partial charge in [0.15, 0.2) is 0 Å². The molecule has 2 amide bonds. The Balaban J connectivity index is 1.27. The van der Waals surface area contributed by atoms with Crippen LogP contribution < -0.4 is 0 Å². The van der Waals surface area contributed by atoms with Crippen molar-refractivity contribution in [2.45, 2.75) is 64.9 Å². The van der Waals surface area contributed by atoms with Crippen molar-refractivity contribution < 1.29 is 19.1 Å². The summed E-state index contributed by atoms with van der Waals surface area (Å²) in [5.41, 5.74) is 2.33. The minimum atomic E-state index is -0.196. The molecule has 0 atom stereocenters. The van der Waals surface area contributed by atoms with Crippen molar-refractivity contribution in [2.24, 2.45) is 11.8 Å². The number of likely N-dealkylation sites (tertiary alicyclic amines) is 2. The standard InChI is InChI=1S/C25H38N2O4/c1-3-20-7-9-23(10-8-20)19-31-25(29)27-17-13-22(14-18-27)6-4-5-21-11-15-26(16-12-21)24(28)30-2/h7-10,21-22H,3-6,11-19H2,1-2H3. The summed E-state index contributed by atoms with van der Waals surface area (Å²) >= 11 is 0. The zero-order valence-electron chi connectivity index (χ0n) is 19.2. The van der Waals surface area contributed by atoms with Crippen LogP contribution in [-0.4, -0.2) is 55.3 Å². The van der Waals surface area contributed by atoms with Crippen LogP contribution in [0, 0.1) is 11.8 Å². The van der Waals surface area contributed by atoms with Crippen molar-refractivity contribution in [1.29, 1.82) is 0 Å². The molecule has 1 aromatic rings. The molecule has 6 heteroatoms. The number of ether oxygens (including phenoxy) is 2. The van der Waals surface area contributed by atoms with E-state index in [0.717, 1.165) is 69.8 Å². The van der Waals surface area contributed by atoms with Crippen LogP contribution in [-0.2, 0) is 22.5 Å². The third-order valence-electron chi connectivity index (χ3n) is 6.94. The van der Waals surface area contributed by atoms with Gasteiger partial charge in [0.25, 0.3) is 0 Å². The Morgan fingerprint density at radius 1 is 0.839 bits per heavy atom. The Kier molecular flexibility index (Phi) is 9.04. The van der Waals surface area contributed by atoms with Crippen LogP contribution in [0.15, 0.2) is 24.3 Å². The first-order valence-electron chi connectivity index (χ1n) is 11.9. The van der Waals surface area contributed by atoms with Gasteiger partial charge in [0.05, 0.1) is 7.11 Å². The lowest BCUT2D eigenvalue weighted by atomic mass is 9.87. The summed E-state index contributed by atoms with van der Waals surface area (Å²) in [7, 11) is 1.45. The van der Waals surface area contributed by atoms with Gasteiger partial charge in [0, 0.05) is 26.2 Å². The van der Waals surface area contributed by atoms with Gasteiger partial charge < -0.3 is 19.3 Å². The van der Waals surface area contributed by atoms with E-state index in [4.69, 9.17) is 9.47 Å². The summed E-state index contributed by atoms with van der Waals surface area (Å²) in [6.07, 6.45) is 8.67. The minimum absolute atomic E-state index is 0.185. The first kappa shape index (κ1) is 23.4. The van der Waals surface area contributed by atoms with Gasteiger partial charge in [0.2, 0.25) is 0 Å². The highest BCUT2D eigenvalue weighted by Crippen LogP contribution is 2.27. The van der Waals surface area contributed by atoms with E-state index in [9.17, 15) is 9.59 Å². The van der Waals surface area contributed by atoms with Crippen molar-refractivity contribution in [1.82, 2.24) is 9.80 Å². The SMILES string of the molecule is CCc1ccc(COC(=O)N2CCC(CCCC3CCN(C(=O)OC)CC3)CC2)cc1. The first-order valence-corrected chi connectivity index (χ1v) is 11.9. The summed E-state index contributed by atoms with van der Waals surface area (Å²) in [5.74, 6) is 1.43. The first-order chi connectivity index (χ1) is 15.1. The zero-order chi connectivity index (χ0) is 22.1. The largest absolute Gasteiger partial charge is 0.453 e. The fourth-order valence-corrected chi connectivity index (χ4v) is 4.74. The van der Waals surface area contributed by atoms with Gasteiger partial charge in [0.1, 0.15) is 6.61 Å². The maximum absolute atomic E-state index is 12.4. The predicted molar refractivity (Wildman–Crippen MR) is 121 cm³/mol. The number of hydrogen-bond donors (Lipinski definition) is 0. The number of rotatable bonds is 7. The molecule has 2 aliphatic rings. The molecule has 0 aromatic heterocycles. The molecule has 0 bridgehead atoms. The van der Waals surface area contributed by atoms with Crippen LogP contribution in [0.2, 0.25) is 0 Å². The fraction of sp³-hybridized carbons (Fsp3) is 0.680. The highest BCUT2D eigenvalue weighted by atomic mass is 16.6. The van der Waals surface area contributed by atoms with Crippen LogP contribution in [0.5, 0.6) is 0 Å². The number of benzene rings is 1. The quantitative estimate of drug-likeness (QED) is 0.593. The average molecular weight is 431 g/mol. The molecule has 3 rings (SSSR count). The maximum atomic E-state index is 12.4. The maximum Gasteiger partial charge on any atom is 0.410 e. The summed E-state index contributed by atoms with van der Waals surface area (Å²) in [6.45, 7) is 5.72. The van der Waals surface area contributed by atoms with E-state index in [0.29, 0.717) is 12.5 Å². The van der Waals surface area contributed by atoms with Crippen molar-refractivity contribution in [3.05, 3.63) is 35.4 Å². The molecule has 0 spiro atoms. The third kappa shape index (κ3) is 7.15. The summed E-state index contributed by atoms with van der Waals surface area (Å²) < 4.78 is 10.3. The van der Waals surface area contributed by atoms with Gasteiger partial charge in [-0.1, -0.05) is 50.5 Å². The van der Waals surface area contributed by atoms with E-state index in [1.807, 2.05) is 21.9 Å². The lowest BCUT2D eigenvalue weighted by molar-refractivity contribution is 0.0809. The summed E-state index contributed by atoms with van der Waals surface area (Å²) in [6, 6.07) is 8.27. The fourth-order valence-electron chi connectivity index (χ4n) is 4.74. The minimum Gasteiger partial charge on any atom is -0.453 e. The van der Waals surface area contributed by atoms with Crippen molar-refractivity contribution >= 4 is 12.2 Å². The topological polar surface area (TPSA) is 59.1 Å². The van der Waals surface area contributed by atoms with E-state index in [2.05, 4.69) is 19.1 Å². The van der Waals surface area contributed by atoms with Crippen LogP contribution >= 0.6 is 0 Å². The smallest absolute Gasteiger partial charge is 0.410 e. The van der Waals surface area contributed by atoms with E-state index in [1.54, 1.807) is 0 Å². The van der Waals surface area contributed by atoms with Gasteiger partial charge in [-0.25, -0.2) is 9.59 Å². The molecular formula is C25H38N2O4. The molecule has 0 N–H and O–H groups in total. The van der Waals surface area contributed by atoms with Gasteiger partial charge in [-0.2, -0.15) is 0 Å². The molecule has 2 fully saturated rings. The van der Waals surface area contributed by atoms with Crippen LogP contribution in [0.3, 0.4) is 0 Å². The Hall–Kier alpha value is -2.24. The molecule has 2 saturated heterocycles. The van der Waals surface area contributed by atoms with Crippen LogP contribution in [0.4, 0.5) is 9.59 Å². The van der Waals surface area contributed by atoms with Gasteiger partial charge >= 0.3 is 12.2 Å². The Morgan fingerprint density at radius 2 is 1.32 bits per heavy atom. The molecule has 0 saturated carbocycles. The molecule has 0 unspecified atom stereocenters. The lowest BCUT2D eigenvalue weighted by Crippen LogP contribution is -2.39. The number of nitrogens with zero attached hydrogens (tertiary/aromatic N) is 2. The Bertz CT molecular complexity index is 690. The van der Waals surface area contributed by atoms with E-state index in [1.165, 1.54) is 31.9 Å². The summed E-state index contributed by atoms with van der Waals surface area (Å²) in [5, 5.41) is 0. The monoisotopic (exact) mass is 430 g/mol. The Labute approximate surface area is 186 Å². The number of methoxy groups -OCH3 is 1. The van der Waals surface area contributed by atoms with E-state index < -0.39 is 0 Å². The number of amides is 2. The van der Waals surface area contributed by atoms with E-state index in [-0.39, 0.29) is 12.2 Å². The van der Waals surface area contributed by atoms with Crippen LogP contribution in [0.1, 0.15) is 63.0 Å². The number of carbonyl (C=O) groups excluding carboxylic acids is 2. The number of carbonyl (C=O) groups is 2. The van der Waals surface area contributed by atoms with Crippen molar-refractivity contribution in [3.63, 3.8) is 0 Å². The second kappa shape index (κ2) is 12.0. The molecule has 0 radical (unpaired) electrons. The molecule has 2 aliphatic heterocycles. The highest BCUT2D eigenvalue weighted by Gasteiger charge is 2.25. The van der Waals surface area contributed by atoms with Crippen molar-refractivity contribution in [3.8, 4) is 0 Å². The molecule has 2 heterocycles. The normalized spacial score (nSPS) is 18.1. The second-order valence-corrected chi connectivity index (χ2v) is 8.99.